The van der Waals surface area contributed by atoms with Gasteiger partial charge in [0, 0.05) is 12.3 Å². The monoisotopic (exact) mass is 382 g/mol. The van der Waals surface area contributed by atoms with E-state index < -0.39 is 6.61 Å². The highest BCUT2D eigenvalue weighted by molar-refractivity contribution is 6.08. The summed E-state index contributed by atoms with van der Waals surface area (Å²) in [4.78, 5) is 16.8. The quantitative estimate of drug-likeness (QED) is 0.662. The average Bonchev–Trinajstić information content (AvgIpc) is 2.69. The number of aliphatic imine (C=N–C) groups is 1. The molecule has 3 rings (SSSR count). The second-order valence-electron chi connectivity index (χ2n) is 5.54. The van der Waals surface area contributed by atoms with Crippen molar-refractivity contribution in [3.63, 3.8) is 0 Å². The lowest BCUT2D eigenvalue weighted by molar-refractivity contribution is -0.0498. The second kappa shape index (κ2) is 8.72. The maximum Gasteiger partial charge on any atom is 0.387 e. The van der Waals surface area contributed by atoms with E-state index in [0.717, 1.165) is 0 Å². The number of para-hydroxylation sites is 1. The minimum atomic E-state index is -2.90. The SMILES string of the molecule is NC=CC(=Nc1ccccc1)c1nn(-c2ccc(OC(F)F)cc2)ccc1=O. The largest absolute Gasteiger partial charge is 0.435 e. The molecular weight excluding hydrogens is 366 g/mol. The summed E-state index contributed by atoms with van der Waals surface area (Å²) in [6, 6.07) is 16.3. The van der Waals surface area contributed by atoms with Gasteiger partial charge in [-0.1, -0.05) is 18.2 Å². The van der Waals surface area contributed by atoms with Crippen molar-refractivity contribution in [2.24, 2.45) is 10.7 Å². The van der Waals surface area contributed by atoms with Crippen molar-refractivity contribution in [2.75, 3.05) is 0 Å². The van der Waals surface area contributed by atoms with Gasteiger partial charge in [-0.05, 0) is 48.7 Å². The third-order valence-electron chi connectivity index (χ3n) is 3.64. The summed E-state index contributed by atoms with van der Waals surface area (Å²) in [5, 5.41) is 4.33. The first-order valence-corrected chi connectivity index (χ1v) is 8.24. The normalized spacial score (nSPS) is 11.9. The topological polar surface area (TPSA) is 82.5 Å². The van der Waals surface area contributed by atoms with Crippen LogP contribution in [-0.4, -0.2) is 22.1 Å². The van der Waals surface area contributed by atoms with Crippen LogP contribution in [0, 0.1) is 0 Å². The van der Waals surface area contributed by atoms with Crippen molar-refractivity contribution in [3.05, 3.63) is 95.1 Å². The molecule has 28 heavy (non-hydrogen) atoms. The highest BCUT2D eigenvalue weighted by Crippen LogP contribution is 2.17. The molecule has 0 amide bonds. The van der Waals surface area contributed by atoms with Crippen molar-refractivity contribution in [3.8, 4) is 11.4 Å². The Kier molecular flexibility index (Phi) is 5.91. The molecular formula is C20H16F2N4O2. The molecule has 0 saturated carbocycles. The Morgan fingerprint density at radius 3 is 2.46 bits per heavy atom. The maximum absolute atomic E-state index is 12.3. The van der Waals surface area contributed by atoms with Gasteiger partial charge in [0.1, 0.15) is 5.75 Å². The van der Waals surface area contributed by atoms with Gasteiger partial charge < -0.3 is 10.5 Å². The van der Waals surface area contributed by atoms with Crippen molar-refractivity contribution in [2.45, 2.75) is 6.61 Å². The number of ether oxygens (including phenoxy) is 1. The first-order valence-electron chi connectivity index (χ1n) is 8.24. The van der Waals surface area contributed by atoms with Gasteiger partial charge in [0.25, 0.3) is 0 Å². The van der Waals surface area contributed by atoms with Gasteiger partial charge in [0.2, 0.25) is 5.43 Å². The van der Waals surface area contributed by atoms with Gasteiger partial charge in [0.15, 0.2) is 5.69 Å². The van der Waals surface area contributed by atoms with Crippen molar-refractivity contribution in [1.82, 2.24) is 9.78 Å². The molecule has 2 N–H and O–H groups in total. The van der Waals surface area contributed by atoms with Gasteiger partial charge >= 0.3 is 6.61 Å². The summed E-state index contributed by atoms with van der Waals surface area (Å²) >= 11 is 0. The minimum Gasteiger partial charge on any atom is -0.435 e. The number of benzene rings is 2. The minimum absolute atomic E-state index is 0.0254. The predicted octanol–water partition coefficient (Wildman–Crippen LogP) is 3.43. The lowest BCUT2D eigenvalue weighted by atomic mass is 10.2. The van der Waals surface area contributed by atoms with Gasteiger partial charge in [0.05, 0.1) is 17.1 Å². The van der Waals surface area contributed by atoms with E-state index in [4.69, 9.17) is 5.73 Å². The molecule has 1 heterocycles. The fourth-order valence-electron chi connectivity index (χ4n) is 2.41. The summed E-state index contributed by atoms with van der Waals surface area (Å²) < 4.78 is 30.3. The fourth-order valence-corrected chi connectivity index (χ4v) is 2.41. The molecule has 0 spiro atoms. The highest BCUT2D eigenvalue weighted by atomic mass is 19.3. The highest BCUT2D eigenvalue weighted by Gasteiger charge is 2.10. The zero-order valence-corrected chi connectivity index (χ0v) is 14.6. The molecule has 2 aromatic carbocycles. The molecule has 0 aliphatic rings. The number of rotatable bonds is 6. The van der Waals surface area contributed by atoms with Crippen molar-refractivity contribution < 1.29 is 13.5 Å². The first kappa shape index (κ1) is 19.0. The van der Waals surface area contributed by atoms with Gasteiger partial charge in [-0.15, -0.1) is 0 Å². The summed E-state index contributed by atoms with van der Waals surface area (Å²) in [6.45, 7) is -2.90. The smallest absolute Gasteiger partial charge is 0.387 e. The summed E-state index contributed by atoms with van der Waals surface area (Å²) in [7, 11) is 0. The van der Waals surface area contributed by atoms with Crippen LogP contribution in [0.25, 0.3) is 5.69 Å². The number of alkyl halides is 2. The van der Waals surface area contributed by atoms with Crippen LogP contribution in [0.3, 0.4) is 0 Å². The number of hydrogen-bond acceptors (Lipinski definition) is 5. The Balaban J connectivity index is 2.00. The van der Waals surface area contributed by atoms with Crippen LogP contribution in [0.4, 0.5) is 14.5 Å². The van der Waals surface area contributed by atoms with Crippen LogP contribution < -0.4 is 15.9 Å². The molecule has 0 radical (unpaired) electrons. The number of aromatic nitrogens is 2. The summed E-state index contributed by atoms with van der Waals surface area (Å²) in [6.07, 6.45) is 4.23. The second-order valence-corrected chi connectivity index (χ2v) is 5.54. The van der Waals surface area contributed by atoms with E-state index in [9.17, 15) is 13.6 Å². The van der Waals surface area contributed by atoms with Crippen LogP contribution in [0.15, 0.2) is 88.9 Å². The maximum atomic E-state index is 12.3. The molecule has 0 aliphatic carbocycles. The van der Waals surface area contributed by atoms with E-state index in [1.807, 2.05) is 18.2 Å². The number of allylic oxidation sites excluding steroid dienone is 1. The third kappa shape index (κ3) is 4.67. The fraction of sp³-hybridized carbons (Fsp3) is 0.0500. The lowest BCUT2D eigenvalue weighted by Crippen LogP contribution is -2.20. The van der Waals surface area contributed by atoms with Crippen LogP contribution in [0.1, 0.15) is 5.69 Å². The zero-order chi connectivity index (χ0) is 19.9. The Hall–Kier alpha value is -3.81. The molecule has 0 aliphatic heterocycles. The van der Waals surface area contributed by atoms with E-state index in [-0.39, 0.29) is 16.9 Å². The Bertz CT molecular complexity index is 1050. The van der Waals surface area contributed by atoms with E-state index in [2.05, 4.69) is 14.8 Å². The first-order chi connectivity index (χ1) is 13.6. The Labute approximate surface area is 159 Å². The lowest BCUT2D eigenvalue weighted by Gasteiger charge is -2.09. The van der Waals surface area contributed by atoms with Crippen molar-refractivity contribution >= 4 is 11.4 Å². The number of halogens is 2. The van der Waals surface area contributed by atoms with E-state index in [1.165, 1.54) is 41.4 Å². The molecule has 0 fully saturated rings. The van der Waals surface area contributed by atoms with Crippen molar-refractivity contribution in [1.29, 1.82) is 0 Å². The number of nitrogens with two attached hydrogens (primary N) is 1. The van der Waals surface area contributed by atoms with Crippen LogP contribution in [0.2, 0.25) is 0 Å². The summed E-state index contributed by atoms with van der Waals surface area (Å²) in [5.74, 6) is 0.0254. The molecule has 1 aromatic heterocycles. The molecule has 0 bridgehead atoms. The Morgan fingerprint density at radius 1 is 1.11 bits per heavy atom. The molecule has 0 unspecified atom stereocenters. The van der Waals surface area contributed by atoms with Crippen LogP contribution in [-0.2, 0) is 0 Å². The zero-order valence-electron chi connectivity index (χ0n) is 14.6. The predicted molar refractivity (Wildman–Crippen MR) is 102 cm³/mol. The van der Waals surface area contributed by atoms with Gasteiger partial charge in [-0.25, -0.2) is 9.67 Å². The molecule has 0 saturated heterocycles. The average molecular weight is 382 g/mol. The van der Waals surface area contributed by atoms with Gasteiger partial charge in [-0.2, -0.15) is 13.9 Å². The number of nitrogens with zero attached hydrogens (tertiary/aromatic N) is 3. The van der Waals surface area contributed by atoms with E-state index in [1.54, 1.807) is 24.3 Å². The number of hydrogen-bond donors (Lipinski definition) is 1. The van der Waals surface area contributed by atoms with E-state index >= 15 is 0 Å². The standard InChI is InChI=1S/C20H16F2N4O2/c21-20(22)28-16-8-6-15(7-9-16)26-13-11-18(27)19(25-26)17(10-12-23)24-14-4-2-1-3-5-14/h1-13,20H,23H2. The molecule has 0 atom stereocenters. The van der Waals surface area contributed by atoms with Crippen LogP contribution in [0.5, 0.6) is 5.75 Å². The van der Waals surface area contributed by atoms with Gasteiger partial charge in [-0.3, -0.25) is 4.79 Å². The summed E-state index contributed by atoms with van der Waals surface area (Å²) in [5.41, 5.74) is 6.76. The molecule has 6 nitrogen and oxygen atoms in total. The third-order valence-corrected chi connectivity index (χ3v) is 3.64. The molecule has 142 valence electrons. The van der Waals surface area contributed by atoms with Crippen LogP contribution >= 0.6 is 0 Å². The molecule has 3 aromatic rings. The molecule has 8 heteroatoms. The Morgan fingerprint density at radius 2 is 1.82 bits per heavy atom. The van der Waals surface area contributed by atoms with E-state index in [0.29, 0.717) is 17.1 Å².